The molecule has 116 valence electrons. The third-order valence-corrected chi connectivity index (χ3v) is 3.17. The maximum atomic E-state index is 12.2. The monoisotopic (exact) mass is 308 g/mol. The van der Waals surface area contributed by atoms with E-state index in [0.29, 0.717) is 18.2 Å². The summed E-state index contributed by atoms with van der Waals surface area (Å²) in [4.78, 5) is 16.3. The molecule has 1 N–H and O–H groups in total. The highest BCUT2D eigenvalue weighted by atomic mass is 16.5. The molecular formula is C18H16N2O3. The molecule has 1 aromatic heterocycles. The summed E-state index contributed by atoms with van der Waals surface area (Å²) < 4.78 is 10.9. The first kappa shape index (κ1) is 14.8. The normalized spacial score (nSPS) is 10.3. The number of nitrogens with zero attached hydrogens (tertiary/aromatic N) is 1. The molecule has 0 spiro atoms. The summed E-state index contributed by atoms with van der Waals surface area (Å²) in [5, 5.41) is 2.76. The SMILES string of the molecule is CCOc1ccc(NC(=O)c2cnc(-c3ccccc3)o2)cc1. The minimum Gasteiger partial charge on any atom is -0.494 e. The Morgan fingerprint density at radius 1 is 1.13 bits per heavy atom. The van der Waals surface area contributed by atoms with Gasteiger partial charge in [0, 0.05) is 11.3 Å². The van der Waals surface area contributed by atoms with Gasteiger partial charge in [-0.25, -0.2) is 4.98 Å². The summed E-state index contributed by atoms with van der Waals surface area (Å²) in [6, 6.07) is 16.6. The van der Waals surface area contributed by atoms with Gasteiger partial charge in [0.1, 0.15) is 5.75 Å². The predicted octanol–water partition coefficient (Wildman–Crippen LogP) is 3.99. The molecule has 0 saturated carbocycles. The van der Waals surface area contributed by atoms with E-state index in [-0.39, 0.29) is 11.7 Å². The summed E-state index contributed by atoms with van der Waals surface area (Å²) in [6.45, 7) is 2.52. The Bertz CT molecular complexity index is 780. The lowest BCUT2D eigenvalue weighted by molar-refractivity contribution is 0.0997. The van der Waals surface area contributed by atoms with Crippen LogP contribution in [0.5, 0.6) is 5.75 Å². The molecule has 2 aromatic carbocycles. The number of aromatic nitrogens is 1. The summed E-state index contributed by atoms with van der Waals surface area (Å²) in [6.07, 6.45) is 1.42. The number of benzene rings is 2. The molecule has 1 amide bonds. The number of hydrogen-bond acceptors (Lipinski definition) is 4. The first-order valence-electron chi connectivity index (χ1n) is 7.31. The van der Waals surface area contributed by atoms with Crippen molar-refractivity contribution in [2.45, 2.75) is 6.92 Å². The zero-order valence-corrected chi connectivity index (χ0v) is 12.7. The molecule has 1 heterocycles. The van der Waals surface area contributed by atoms with Crippen LogP contribution in [0.15, 0.2) is 65.2 Å². The lowest BCUT2D eigenvalue weighted by Gasteiger charge is -2.05. The Morgan fingerprint density at radius 3 is 2.57 bits per heavy atom. The van der Waals surface area contributed by atoms with Crippen molar-refractivity contribution in [1.29, 1.82) is 0 Å². The molecule has 0 aliphatic carbocycles. The zero-order valence-electron chi connectivity index (χ0n) is 12.7. The number of rotatable bonds is 5. The van der Waals surface area contributed by atoms with Gasteiger partial charge in [-0.05, 0) is 43.3 Å². The Balaban J connectivity index is 1.70. The number of oxazole rings is 1. The Hall–Kier alpha value is -3.08. The van der Waals surface area contributed by atoms with E-state index in [9.17, 15) is 4.79 Å². The van der Waals surface area contributed by atoms with Crippen LogP contribution >= 0.6 is 0 Å². The first-order valence-corrected chi connectivity index (χ1v) is 7.31. The van der Waals surface area contributed by atoms with E-state index in [1.165, 1.54) is 6.20 Å². The number of ether oxygens (including phenoxy) is 1. The highest BCUT2D eigenvalue weighted by Gasteiger charge is 2.13. The van der Waals surface area contributed by atoms with Crippen LogP contribution in [0.4, 0.5) is 5.69 Å². The summed E-state index contributed by atoms with van der Waals surface area (Å²) in [5.41, 5.74) is 1.49. The molecule has 0 aliphatic heterocycles. The van der Waals surface area contributed by atoms with Crippen molar-refractivity contribution >= 4 is 11.6 Å². The van der Waals surface area contributed by atoms with Gasteiger partial charge in [-0.2, -0.15) is 0 Å². The predicted molar refractivity (Wildman–Crippen MR) is 87.5 cm³/mol. The van der Waals surface area contributed by atoms with Gasteiger partial charge in [0.2, 0.25) is 11.7 Å². The quantitative estimate of drug-likeness (QED) is 0.774. The number of anilines is 1. The molecule has 5 heteroatoms. The van der Waals surface area contributed by atoms with Crippen molar-refractivity contribution < 1.29 is 13.9 Å². The first-order chi connectivity index (χ1) is 11.3. The van der Waals surface area contributed by atoms with E-state index in [4.69, 9.17) is 9.15 Å². The smallest absolute Gasteiger partial charge is 0.293 e. The Labute approximate surface area is 133 Å². The number of carbonyl (C=O) groups excluding carboxylic acids is 1. The molecule has 0 unspecified atom stereocenters. The van der Waals surface area contributed by atoms with Gasteiger partial charge in [-0.15, -0.1) is 0 Å². The molecule has 0 bridgehead atoms. The fourth-order valence-electron chi connectivity index (χ4n) is 2.09. The van der Waals surface area contributed by atoms with Crippen molar-refractivity contribution in [2.24, 2.45) is 0 Å². The van der Waals surface area contributed by atoms with Crippen LogP contribution in [0, 0.1) is 0 Å². The molecule has 0 atom stereocenters. The molecule has 3 rings (SSSR count). The lowest BCUT2D eigenvalue weighted by atomic mass is 10.2. The standard InChI is InChI=1S/C18H16N2O3/c1-2-22-15-10-8-14(9-11-15)20-17(21)16-12-19-18(23-16)13-6-4-3-5-7-13/h3-12H,2H2,1H3,(H,20,21). The van der Waals surface area contributed by atoms with Gasteiger partial charge >= 0.3 is 0 Å². The van der Waals surface area contributed by atoms with Crippen molar-refractivity contribution in [3.05, 3.63) is 66.6 Å². The van der Waals surface area contributed by atoms with Crippen LogP contribution in [-0.4, -0.2) is 17.5 Å². The number of carbonyl (C=O) groups is 1. The van der Waals surface area contributed by atoms with E-state index in [0.717, 1.165) is 11.3 Å². The van der Waals surface area contributed by atoms with Crippen LogP contribution in [-0.2, 0) is 0 Å². The average molecular weight is 308 g/mol. The summed E-state index contributed by atoms with van der Waals surface area (Å²) in [5.74, 6) is 1.00. The van der Waals surface area contributed by atoms with E-state index in [2.05, 4.69) is 10.3 Å². The second-order valence-electron chi connectivity index (χ2n) is 4.81. The highest BCUT2D eigenvalue weighted by Crippen LogP contribution is 2.20. The van der Waals surface area contributed by atoms with Gasteiger partial charge in [0.15, 0.2) is 0 Å². The zero-order chi connectivity index (χ0) is 16.1. The number of hydrogen-bond donors (Lipinski definition) is 1. The molecular weight excluding hydrogens is 292 g/mol. The number of amides is 1. The topological polar surface area (TPSA) is 64.4 Å². The third-order valence-electron chi connectivity index (χ3n) is 3.17. The Morgan fingerprint density at radius 2 is 1.87 bits per heavy atom. The molecule has 5 nitrogen and oxygen atoms in total. The van der Waals surface area contributed by atoms with Crippen molar-refractivity contribution in [3.8, 4) is 17.2 Å². The van der Waals surface area contributed by atoms with Gasteiger partial charge in [-0.1, -0.05) is 18.2 Å². The largest absolute Gasteiger partial charge is 0.494 e. The van der Waals surface area contributed by atoms with Gasteiger partial charge in [0.05, 0.1) is 12.8 Å². The average Bonchev–Trinajstić information content (AvgIpc) is 3.08. The van der Waals surface area contributed by atoms with E-state index >= 15 is 0 Å². The fourth-order valence-corrected chi connectivity index (χ4v) is 2.09. The Kier molecular flexibility index (Phi) is 4.38. The molecule has 0 aliphatic rings. The van der Waals surface area contributed by atoms with Gasteiger partial charge in [-0.3, -0.25) is 4.79 Å². The lowest BCUT2D eigenvalue weighted by Crippen LogP contribution is -2.10. The molecule has 0 fully saturated rings. The van der Waals surface area contributed by atoms with Crippen LogP contribution in [0.2, 0.25) is 0 Å². The van der Waals surface area contributed by atoms with E-state index < -0.39 is 0 Å². The second-order valence-corrected chi connectivity index (χ2v) is 4.81. The van der Waals surface area contributed by atoms with Crippen LogP contribution < -0.4 is 10.1 Å². The molecule has 0 saturated heterocycles. The van der Waals surface area contributed by atoms with Crippen LogP contribution in [0.1, 0.15) is 17.5 Å². The molecule has 3 aromatic rings. The summed E-state index contributed by atoms with van der Waals surface area (Å²) >= 11 is 0. The van der Waals surface area contributed by atoms with Crippen molar-refractivity contribution in [3.63, 3.8) is 0 Å². The van der Waals surface area contributed by atoms with Crippen molar-refractivity contribution in [2.75, 3.05) is 11.9 Å². The minimum absolute atomic E-state index is 0.165. The summed E-state index contributed by atoms with van der Waals surface area (Å²) in [7, 11) is 0. The second kappa shape index (κ2) is 6.79. The van der Waals surface area contributed by atoms with Gasteiger partial charge < -0.3 is 14.5 Å². The van der Waals surface area contributed by atoms with Crippen LogP contribution in [0.25, 0.3) is 11.5 Å². The molecule has 0 radical (unpaired) electrons. The highest BCUT2D eigenvalue weighted by molar-refractivity contribution is 6.02. The van der Waals surface area contributed by atoms with E-state index in [1.807, 2.05) is 37.3 Å². The van der Waals surface area contributed by atoms with E-state index in [1.54, 1.807) is 24.3 Å². The minimum atomic E-state index is -0.344. The number of nitrogens with one attached hydrogen (secondary N) is 1. The maximum absolute atomic E-state index is 12.2. The van der Waals surface area contributed by atoms with Gasteiger partial charge in [0.25, 0.3) is 5.91 Å². The fraction of sp³-hybridized carbons (Fsp3) is 0.111. The molecule has 23 heavy (non-hydrogen) atoms. The maximum Gasteiger partial charge on any atom is 0.293 e. The van der Waals surface area contributed by atoms with Crippen molar-refractivity contribution in [1.82, 2.24) is 4.98 Å². The van der Waals surface area contributed by atoms with Crippen LogP contribution in [0.3, 0.4) is 0 Å². The third kappa shape index (κ3) is 3.58.